The first-order valence-electron chi connectivity index (χ1n) is 3.92. The Morgan fingerprint density at radius 1 is 1.19 bits per heavy atom. The first kappa shape index (κ1) is 12.6. The first-order chi connectivity index (χ1) is 7.40. The summed E-state index contributed by atoms with van der Waals surface area (Å²) in [6, 6.07) is 1.01. The Hall–Kier alpha value is -1.46. The van der Waals surface area contributed by atoms with E-state index in [-0.39, 0.29) is 15.8 Å². The summed E-state index contributed by atoms with van der Waals surface area (Å²) in [7, 11) is 1.27. The van der Waals surface area contributed by atoms with E-state index in [1.165, 1.54) is 7.11 Å². The lowest BCUT2D eigenvalue weighted by atomic mass is 10.1. The highest BCUT2D eigenvalue weighted by molar-refractivity contribution is 6.45. The van der Waals surface area contributed by atoms with E-state index in [0.717, 1.165) is 6.07 Å². The highest BCUT2D eigenvalue weighted by atomic mass is 35.5. The minimum atomic E-state index is -1.47. The summed E-state index contributed by atoms with van der Waals surface area (Å²) in [6.45, 7) is 0. The van der Waals surface area contributed by atoms with Crippen molar-refractivity contribution in [3.8, 4) is 5.75 Å². The molecule has 7 heteroatoms. The average molecular weight is 265 g/mol. The summed E-state index contributed by atoms with van der Waals surface area (Å²) in [5.41, 5.74) is -1.03. The lowest BCUT2D eigenvalue weighted by Crippen LogP contribution is -2.09. The second kappa shape index (κ2) is 4.59. The van der Waals surface area contributed by atoms with Gasteiger partial charge in [0.25, 0.3) is 0 Å². The van der Waals surface area contributed by atoms with Crippen molar-refractivity contribution in [3.63, 3.8) is 0 Å². The quantitative estimate of drug-likeness (QED) is 0.876. The van der Waals surface area contributed by atoms with Crippen LogP contribution in [-0.4, -0.2) is 29.3 Å². The molecule has 0 aliphatic rings. The van der Waals surface area contributed by atoms with Crippen LogP contribution in [0.4, 0.5) is 0 Å². The molecule has 0 spiro atoms. The van der Waals surface area contributed by atoms with Crippen molar-refractivity contribution < 1.29 is 24.5 Å². The van der Waals surface area contributed by atoms with Crippen LogP contribution in [0, 0.1) is 0 Å². The van der Waals surface area contributed by atoms with Gasteiger partial charge in [-0.05, 0) is 6.07 Å². The van der Waals surface area contributed by atoms with Crippen LogP contribution in [0.5, 0.6) is 5.75 Å². The molecule has 0 amide bonds. The third kappa shape index (κ3) is 2.05. The molecule has 5 nitrogen and oxygen atoms in total. The number of hydrogen-bond acceptors (Lipinski definition) is 3. The summed E-state index contributed by atoms with van der Waals surface area (Å²) in [6.07, 6.45) is 0. The second-order valence-corrected chi connectivity index (χ2v) is 3.50. The molecule has 0 saturated heterocycles. The number of rotatable bonds is 3. The summed E-state index contributed by atoms with van der Waals surface area (Å²) in [4.78, 5) is 21.7. The van der Waals surface area contributed by atoms with Gasteiger partial charge in [0.15, 0.2) is 0 Å². The van der Waals surface area contributed by atoms with Gasteiger partial charge in [0.2, 0.25) is 0 Å². The van der Waals surface area contributed by atoms with Crippen LogP contribution in [0.2, 0.25) is 10.0 Å². The molecule has 1 aromatic carbocycles. The molecule has 2 N–H and O–H groups in total. The van der Waals surface area contributed by atoms with Gasteiger partial charge >= 0.3 is 11.9 Å². The van der Waals surface area contributed by atoms with Crippen LogP contribution in [-0.2, 0) is 0 Å². The Morgan fingerprint density at radius 2 is 1.75 bits per heavy atom. The maximum absolute atomic E-state index is 10.9. The number of halogens is 2. The van der Waals surface area contributed by atoms with Crippen LogP contribution in [0.1, 0.15) is 20.7 Å². The number of carboxylic acid groups (broad SMARTS) is 2. The van der Waals surface area contributed by atoms with Gasteiger partial charge in [-0.2, -0.15) is 0 Å². The van der Waals surface area contributed by atoms with Crippen LogP contribution in [0.3, 0.4) is 0 Å². The summed E-state index contributed by atoms with van der Waals surface area (Å²) < 4.78 is 4.78. The van der Waals surface area contributed by atoms with Gasteiger partial charge < -0.3 is 14.9 Å². The highest BCUT2D eigenvalue weighted by Crippen LogP contribution is 2.37. The minimum Gasteiger partial charge on any atom is -0.495 e. The fraction of sp³-hybridized carbons (Fsp3) is 0.111. The zero-order valence-electron chi connectivity index (χ0n) is 7.95. The number of ether oxygens (including phenoxy) is 1. The van der Waals surface area contributed by atoms with E-state index in [1.54, 1.807) is 0 Å². The Labute approximate surface area is 100 Å². The number of benzene rings is 1. The largest absolute Gasteiger partial charge is 0.495 e. The average Bonchev–Trinajstić information content (AvgIpc) is 2.20. The number of carboxylic acids is 2. The number of carbonyl (C=O) groups is 2. The maximum atomic E-state index is 10.9. The van der Waals surface area contributed by atoms with Crippen molar-refractivity contribution in [1.29, 1.82) is 0 Å². The Kier molecular flexibility index (Phi) is 3.62. The lowest BCUT2D eigenvalue weighted by molar-refractivity contribution is 0.0651. The molecule has 0 aliphatic carbocycles. The topological polar surface area (TPSA) is 83.8 Å². The number of aromatic carboxylic acids is 2. The predicted molar refractivity (Wildman–Crippen MR) is 56.9 cm³/mol. The molecule has 0 radical (unpaired) electrons. The van der Waals surface area contributed by atoms with Gasteiger partial charge in [0, 0.05) is 0 Å². The van der Waals surface area contributed by atoms with Crippen molar-refractivity contribution in [2.45, 2.75) is 0 Å². The Morgan fingerprint density at radius 3 is 2.12 bits per heavy atom. The van der Waals surface area contributed by atoms with Gasteiger partial charge in [-0.1, -0.05) is 23.2 Å². The van der Waals surface area contributed by atoms with Crippen LogP contribution in [0.25, 0.3) is 0 Å². The summed E-state index contributed by atoms with van der Waals surface area (Å²) in [5, 5.41) is 17.2. The van der Waals surface area contributed by atoms with Gasteiger partial charge in [-0.15, -0.1) is 0 Å². The molecule has 0 aromatic heterocycles. The van der Waals surface area contributed by atoms with Crippen molar-refractivity contribution in [3.05, 3.63) is 27.2 Å². The standard InChI is InChI=1S/C9H6Cl2O5/c1-16-4-2-3(8(12)13)5(9(14)15)7(11)6(4)10/h2H,1H3,(H,12,13)(H,14,15). The highest BCUT2D eigenvalue weighted by Gasteiger charge is 2.24. The fourth-order valence-electron chi connectivity index (χ4n) is 1.13. The zero-order valence-corrected chi connectivity index (χ0v) is 9.46. The summed E-state index contributed by atoms with van der Waals surface area (Å²) in [5.74, 6) is -2.88. The molecular weight excluding hydrogens is 259 g/mol. The first-order valence-corrected chi connectivity index (χ1v) is 4.68. The molecule has 0 aliphatic heterocycles. The van der Waals surface area contributed by atoms with Crippen molar-refractivity contribution in [2.75, 3.05) is 7.11 Å². The van der Waals surface area contributed by atoms with Gasteiger partial charge in [0.1, 0.15) is 10.8 Å². The maximum Gasteiger partial charge on any atom is 0.338 e. The third-order valence-corrected chi connectivity index (χ3v) is 2.69. The van der Waals surface area contributed by atoms with Crippen LogP contribution < -0.4 is 4.74 Å². The molecule has 0 saturated carbocycles. The molecule has 0 bridgehead atoms. The van der Waals surface area contributed by atoms with Crippen LogP contribution in [0.15, 0.2) is 6.07 Å². The van der Waals surface area contributed by atoms with Gasteiger partial charge in [-0.25, -0.2) is 9.59 Å². The van der Waals surface area contributed by atoms with Crippen molar-refractivity contribution in [2.24, 2.45) is 0 Å². The molecule has 1 rings (SSSR count). The lowest BCUT2D eigenvalue weighted by Gasteiger charge is -2.10. The van der Waals surface area contributed by atoms with E-state index in [1.807, 2.05) is 0 Å². The number of hydrogen-bond donors (Lipinski definition) is 2. The van der Waals surface area contributed by atoms with Crippen molar-refractivity contribution >= 4 is 35.1 Å². The molecule has 0 unspecified atom stereocenters. The molecular formula is C9H6Cl2O5. The van der Waals surface area contributed by atoms with E-state index in [9.17, 15) is 9.59 Å². The van der Waals surface area contributed by atoms with Crippen LogP contribution >= 0.6 is 23.2 Å². The van der Waals surface area contributed by atoms with E-state index in [0.29, 0.717) is 0 Å². The van der Waals surface area contributed by atoms with E-state index in [4.69, 9.17) is 38.2 Å². The summed E-state index contributed by atoms with van der Waals surface area (Å²) >= 11 is 11.4. The smallest absolute Gasteiger partial charge is 0.338 e. The van der Waals surface area contributed by atoms with E-state index < -0.39 is 23.1 Å². The SMILES string of the molecule is COc1cc(C(=O)O)c(C(=O)O)c(Cl)c1Cl. The van der Waals surface area contributed by atoms with Gasteiger partial charge in [0.05, 0.1) is 23.3 Å². The molecule has 0 atom stereocenters. The third-order valence-electron chi connectivity index (χ3n) is 1.84. The normalized spacial score (nSPS) is 9.94. The molecule has 1 aromatic rings. The molecule has 0 fully saturated rings. The Balaban J connectivity index is 3.65. The number of methoxy groups -OCH3 is 1. The minimum absolute atomic E-state index is 0.00840. The molecule has 86 valence electrons. The fourth-order valence-corrected chi connectivity index (χ4v) is 1.63. The van der Waals surface area contributed by atoms with E-state index in [2.05, 4.69) is 0 Å². The molecule has 16 heavy (non-hydrogen) atoms. The van der Waals surface area contributed by atoms with Crippen molar-refractivity contribution in [1.82, 2.24) is 0 Å². The van der Waals surface area contributed by atoms with Gasteiger partial charge in [-0.3, -0.25) is 0 Å². The second-order valence-electron chi connectivity index (χ2n) is 2.74. The molecule has 0 heterocycles. The predicted octanol–water partition coefficient (Wildman–Crippen LogP) is 2.40. The van der Waals surface area contributed by atoms with E-state index >= 15 is 0 Å². The monoisotopic (exact) mass is 264 g/mol. The Bertz CT molecular complexity index is 469. The zero-order chi connectivity index (χ0) is 12.5.